The van der Waals surface area contributed by atoms with E-state index in [1.54, 1.807) is 6.08 Å². The molecule has 0 fully saturated rings. The number of allylic oxidation sites excluding steroid dienone is 1. The second-order valence-corrected chi connectivity index (χ2v) is 8.96. The van der Waals surface area contributed by atoms with Crippen molar-refractivity contribution in [3.8, 4) is 11.5 Å². The van der Waals surface area contributed by atoms with Gasteiger partial charge in [-0.15, -0.1) is 0 Å². The summed E-state index contributed by atoms with van der Waals surface area (Å²) < 4.78 is 48.6. The molecule has 0 bridgehead atoms. The summed E-state index contributed by atoms with van der Waals surface area (Å²) in [6, 6.07) is 16.3. The highest BCUT2D eigenvalue weighted by molar-refractivity contribution is 7.87. The van der Waals surface area contributed by atoms with Gasteiger partial charge >= 0.3 is 10.1 Å². The highest BCUT2D eigenvalue weighted by atomic mass is 32.2. The van der Waals surface area contributed by atoms with E-state index in [1.807, 2.05) is 24.3 Å². The lowest BCUT2D eigenvalue weighted by Crippen LogP contribution is -2.09. The van der Waals surface area contributed by atoms with E-state index >= 15 is 0 Å². The minimum atomic E-state index is -4.16. The molecular weight excluding hydrogens is 419 g/mol. The fourth-order valence-electron chi connectivity index (χ4n) is 3.12. The number of hydrogen-bond donors (Lipinski definition) is 0. The number of halogens is 1. The van der Waals surface area contributed by atoms with Gasteiger partial charge in [0.15, 0.2) is 5.76 Å². The predicted molar refractivity (Wildman–Crippen MR) is 114 cm³/mol. The molecule has 3 aromatic rings. The van der Waals surface area contributed by atoms with E-state index in [9.17, 15) is 17.6 Å². The van der Waals surface area contributed by atoms with Crippen LogP contribution < -0.4 is 8.92 Å². The van der Waals surface area contributed by atoms with E-state index in [0.717, 1.165) is 29.8 Å². The van der Waals surface area contributed by atoms with Crippen LogP contribution in [0.4, 0.5) is 4.39 Å². The van der Waals surface area contributed by atoms with Gasteiger partial charge in [-0.3, -0.25) is 4.79 Å². The summed E-state index contributed by atoms with van der Waals surface area (Å²) >= 11 is 0. The van der Waals surface area contributed by atoms with Gasteiger partial charge in [0.25, 0.3) is 0 Å². The topological polar surface area (TPSA) is 69.7 Å². The molecule has 7 heteroatoms. The number of ether oxygens (including phenoxy) is 1. The third kappa shape index (κ3) is 4.36. The molecule has 0 aromatic heterocycles. The number of carbonyl (C=O) groups excluding carboxylic acids is 1. The van der Waals surface area contributed by atoms with Gasteiger partial charge in [0.2, 0.25) is 5.78 Å². The summed E-state index contributed by atoms with van der Waals surface area (Å²) in [6.45, 7) is 4.20. The molecule has 0 spiro atoms. The first kappa shape index (κ1) is 20.8. The van der Waals surface area contributed by atoms with Crippen molar-refractivity contribution >= 4 is 22.0 Å². The van der Waals surface area contributed by atoms with Crippen LogP contribution in [0.5, 0.6) is 11.5 Å². The maximum Gasteiger partial charge on any atom is 0.339 e. The van der Waals surface area contributed by atoms with Gasteiger partial charge in [0.1, 0.15) is 22.2 Å². The number of Topliss-reactive ketones (excluding diaryl/α,β-unsaturated/α-hetero) is 1. The molecule has 0 N–H and O–H groups in total. The molecule has 0 radical (unpaired) electrons. The number of rotatable bonds is 5. The van der Waals surface area contributed by atoms with E-state index < -0.39 is 15.9 Å². The summed E-state index contributed by atoms with van der Waals surface area (Å²) in [4.78, 5) is 12.5. The summed E-state index contributed by atoms with van der Waals surface area (Å²) in [5.74, 6) is -0.108. The predicted octanol–water partition coefficient (Wildman–Crippen LogP) is 5.33. The standard InChI is InChI=1S/C24H19FO5S/c1-15(2)17-5-3-16(4-6-17)13-23-24(26)21-12-9-19(14-22(21)29-23)30-31(27,28)20-10-7-18(25)8-11-20/h3-15H,1-2H3. The van der Waals surface area contributed by atoms with Gasteiger partial charge in [-0.05, 0) is 59.5 Å². The molecule has 0 saturated heterocycles. The van der Waals surface area contributed by atoms with E-state index in [-0.39, 0.29) is 27.9 Å². The maximum absolute atomic E-state index is 13.0. The van der Waals surface area contributed by atoms with Crippen molar-refractivity contribution in [3.05, 3.63) is 95.0 Å². The second-order valence-electron chi connectivity index (χ2n) is 7.41. The van der Waals surface area contributed by atoms with Crippen LogP contribution in [0.1, 0.15) is 41.3 Å². The molecule has 0 unspecified atom stereocenters. The Morgan fingerprint density at radius 2 is 1.65 bits per heavy atom. The van der Waals surface area contributed by atoms with Crippen LogP contribution in [0.2, 0.25) is 0 Å². The van der Waals surface area contributed by atoms with Gasteiger partial charge in [-0.1, -0.05) is 38.1 Å². The monoisotopic (exact) mass is 438 g/mol. The summed E-state index contributed by atoms with van der Waals surface area (Å²) in [5.41, 5.74) is 2.32. The molecule has 0 amide bonds. The van der Waals surface area contributed by atoms with Crippen LogP contribution in [0.3, 0.4) is 0 Å². The summed E-state index contributed by atoms with van der Waals surface area (Å²) in [6.07, 6.45) is 1.64. The lowest BCUT2D eigenvalue weighted by Gasteiger charge is -2.08. The highest BCUT2D eigenvalue weighted by Gasteiger charge is 2.28. The first-order valence-electron chi connectivity index (χ1n) is 9.61. The Kier molecular flexibility index (Phi) is 5.37. The zero-order valence-corrected chi connectivity index (χ0v) is 17.6. The summed E-state index contributed by atoms with van der Waals surface area (Å²) in [7, 11) is -4.16. The molecular formula is C24H19FO5S. The third-order valence-electron chi connectivity index (χ3n) is 4.85. The molecule has 4 rings (SSSR count). The van der Waals surface area contributed by atoms with Crippen LogP contribution in [-0.2, 0) is 10.1 Å². The molecule has 1 heterocycles. The van der Waals surface area contributed by atoms with Crippen LogP contribution >= 0.6 is 0 Å². The number of benzene rings is 3. The smallest absolute Gasteiger partial charge is 0.339 e. The molecule has 1 aliphatic rings. The molecule has 3 aromatic carbocycles. The number of ketones is 1. The minimum absolute atomic E-state index is 0.0154. The normalized spacial score (nSPS) is 14.6. The van der Waals surface area contributed by atoms with Crippen molar-refractivity contribution < 1.29 is 26.5 Å². The first-order valence-corrected chi connectivity index (χ1v) is 11.0. The quantitative estimate of drug-likeness (QED) is 0.398. The maximum atomic E-state index is 13.0. The van der Waals surface area contributed by atoms with Crippen LogP contribution in [0, 0.1) is 5.82 Å². The van der Waals surface area contributed by atoms with E-state index in [1.165, 1.54) is 23.8 Å². The highest BCUT2D eigenvalue weighted by Crippen LogP contribution is 2.35. The molecule has 31 heavy (non-hydrogen) atoms. The SMILES string of the molecule is CC(C)c1ccc(C=C2Oc3cc(OS(=O)(=O)c4ccc(F)cc4)ccc3C2=O)cc1. The van der Waals surface area contributed by atoms with Gasteiger partial charge < -0.3 is 8.92 Å². The fourth-order valence-corrected chi connectivity index (χ4v) is 4.05. The molecule has 5 nitrogen and oxygen atoms in total. The first-order chi connectivity index (χ1) is 14.7. The van der Waals surface area contributed by atoms with Crippen molar-refractivity contribution in [2.75, 3.05) is 0 Å². The average Bonchev–Trinajstić information content (AvgIpc) is 3.03. The lowest BCUT2D eigenvalue weighted by atomic mass is 10.0. The molecule has 1 aliphatic heterocycles. The Hall–Kier alpha value is -3.45. The van der Waals surface area contributed by atoms with Crippen LogP contribution in [0.15, 0.2) is 77.4 Å². The van der Waals surface area contributed by atoms with Gasteiger partial charge in [0.05, 0.1) is 5.56 Å². The summed E-state index contributed by atoms with van der Waals surface area (Å²) in [5, 5.41) is 0. The Morgan fingerprint density at radius 1 is 0.968 bits per heavy atom. The Morgan fingerprint density at radius 3 is 2.29 bits per heavy atom. The zero-order chi connectivity index (χ0) is 22.2. The average molecular weight is 438 g/mol. The van der Waals surface area contributed by atoms with Crippen LogP contribution in [0.25, 0.3) is 6.08 Å². The molecule has 158 valence electrons. The third-order valence-corrected chi connectivity index (χ3v) is 6.11. The Labute approximate surface area is 179 Å². The Balaban J connectivity index is 1.56. The van der Waals surface area contributed by atoms with E-state index in [0.29, 0.717) is 11.5 Å². The van der Waals surface area contributed by atoms with Crippen molar-refractivity contribution in [1.82, 2.24) is 0 Å². The van der Waals surface area contributed by atoms with Gasteiger partial charge in [-0.25, -0.2) is 4.39 Å². The largest absolute Gasteiger partial charge is 0.452 e. The van der Waals surface area contributed by atoms with Crippen LogP contribution in [-0.4, -0.2) is 14.2 Å². The lowest BCUT2D eigenvalue weighted by molar-refractivity contribution is 0.101. The fraction of sp³-hybridized carbons (Fsp3) is 0.125. The minimum Gasteiger partial charge on any atom is -0.452 e. The number of fused-ring (bicyclic) bond motifs is 1. The Bertz CT molecular complexity index is 1270. The van der Waals surface area contributed by atoms with Crippen molar-refractivity contribution in [2.45, 2.75) is 24.7 Å². The van der Waals surface area contributed by atoms with E-state index in [4.69, 9.17) is 8.92 Å². The van der Waals surface area contributed by atoms with Gasteiger partial charge in [0, 0.05) is 6.07 Å². The van der Waals surface area contributed by atoms with Crippen molar-refractivity contribution in [1.29, 1.82) is 0 Å². The number of carbonyl (C=O) groups is 1. The molecule has 0 atom stereocenters. The second kappa shape index (κ2) is 8.00. The zero-order valence-electron chi connectivity index (χ0n) is 16.8. The van der Waals surface area contributed by atoms with E-state index in [2.05, 4.69) is 13.8 Å². The molecule has 0 saturated carbocycles. The van der Waals surface area contributed by atoms with Crippen molar-refractivity contribution in [3.63, 3.8) is 0 Å². The van der Waals surface area contributed by atoms with Crippen molar-refractivity contribution in [2.24, 2.45) is 0 Å². The van der Waals surface area contributed by atoms with Gasteiger partial charge in [-0.2, -0.15) is 8.42 Å². The molecule has 0 aliphatic carbocycles. The number of hydrogen-bond acceptors (Lipinski definition) is 5.